The SMILES string of the molecule is CC(C)(C)OC(=O)N[C@@H]1CCC[C@@H]1N.Cc1ccc2nc(N[C@H]3CCC[C@H]3N)sc2c1.Cl. The quantitative estimate of drug-likeness (QED) is 0.502. The molecule has 0 spiro atoms. The Kier molecular flexibility index (Phi) is 9.57. The Balaban J connectivity index is 0.000000225. The van der Waals surface area contributed by atoms with Crippen LogP contribution in [0, 0.1) is 6.92 Å². The van der Waals surface area contributed by atoms with Crippen LogP contribution in [0.5, 0.6) is 0 Å². The van der Waals surface area contributed by atoms with Crippen LogP contribution < -0.4 is 22.1 Å². The van der Waals surface area contributed by atoms with Gasteiger partial charge in [0.2, 0.25) is 0 Å². The van der Waals surface area contributed by atoms with Gasteiger partial charge in [-0.15, -0.1) is 12.4 Å². The van der Waals surface area contributed by atoms with Crippen molar-refractivity contribution < 1.29 is 9.53 Å². The van der Waals surface area contributed by atoms with E-state index in [4.69, 9.17) is 16.2 Å². The Morgan fingerprint density at radius 3 is 2.28 bits per heavy atom. The summed E-state index contributed by atoms with van der Waals surface area (Å²) in [5, 5.41) is 7.29. The molecule has 1 heterocycles. The molecule has 0 saturated heterocycles. The number of halogens is 1. The lowest BCUT2D eigenvalue weighted by atomic mass is 10.2. The number of fused-ring (bicyclic) bond motifs is 1. The Hall–Kier alpha value is -1.61. The second kappa shape index (κ2) is 11.5. The fourth-order valence-corrected chi connectivity index (χ4v) is 5.07. The molecule has 0 radical (unpaired) electrons. The molecule has 1 aromatic heterocycles. The van der Waals surface area contributed by atoms with E-state index in [-0.39, 0.29) is 36.6 Å². The highest BCUT2D eigenvalue weighted by Crippen LogP contribution is 2.29. The van der Waals surface area contributed by atoms with Gasteiger partial charge in [-0.3, -0.25) is 0 Å². The number of nitrogens with one attached hydrogen (secondary N) is 2. The zero-order valence-corrected chi connectivity index (χ0v) is 21.2. The summed E-state index contributed by atoms with van der Waals surface area (Å²) < 4.78 is 6.39. The summed E-state index contributed by atoms with van der Waals surface area (Å²) in [6.07, 6.45) is 6.18. The molecule has 2 aromatic rings. The van der Waals surface area contributed by atoms with Crippen molar-refractivity contribution in [3.05, 3.63) is 23.8 Å². The van der Waals surface area contributed by atoms with Crippen LogP contribution >= 0.6 is 23.7 Å². The summed E-state index contributed by atoms with van der Waals surface area (Å²) in [7, 11) is 0. The number of hydrogen-bond donors (Lipinski definition) is 4. The van der Waals surface area contributed by atoms with Crippen LogP contribution in [0.1, 0.15) is 64.9 Å². The largest absolute Gasteiger partial charge is 0.444 e. The fraction of sp³-hybridized carbons (Fsp3) is 0.652. The lowest BCUT2D eigenvalue weighted by Gasteiger charge is -2.23. The first-order valence-corrected chi connectivity index (χ1v) is 12.1. The third-order valence-electron chi connectivity index (χ3n) is 5.69. The number of ether oxygens (including phenoxy) is 1. The number of alkyl carbamates (subject to hydrolysis) is 1. The predicted octanol–water partition coefficient (Wildman–Crippen LogP) is 4.71. The van der Waals surface area contributed by atoms with E-state index >= 15 is 0 Å². The summed E-state index contributed by atoms with van der Waals surface area (Å²) in [6, 6.07) is 7.23. The fourth-order valence-electron chi connectivity index (χ4n) is 4.05. The highest BCUT2D eigenvalue weighted by molar-refractivity contribution is 7.22. The summed E-state index contributed by atoms with van der Waals surface area (Å²) in [5.41, 5.74) is 13.8. The number of aromatic nitrogens is 1. The Morgan fingerprint density at radius 1 is 1.09 bits per heavy atom. The number of thiazole rings is 1. The number of carbonyl (C=O) groups excluding carboxylic acids is 1. The molecule has 0 bridgehead atoms. The molecule has 2 aliphatic rings. The lowest BCUT2D eigenvalue weighted by Crippen LogP contribution is -2.45. The number of amides is 1. The first-order valence-electron chi connectivity index (χ1n) is 11.2. The van der Waals surface area contributed by atoms with E-state index in [0.717, 1.165) is 42.8 Å². The standard InChI is InChI=1S/C13H17N3S.C10H20N2O2.ClH/c1-8-5-6-11-12(7-8)17-13(16-11)15-10-4-2-3-9(10)14;1-10(2,3)14-9(13)12-8-6-4-5-7(8)11;/h5-7,9-10H,2-4,14H2,1H3,(H,15,16);7-8H,4-6,11H2,1-3H3,(H,12,13);1H/t9-,10+;7-,8+;/m10./s1. The van der Waals surface area contributed by atoms with Crippen molar-refractivity contribution in [3.8, 4) is 0 Å². The summed E-state index contributed by atoms with van der Waals surface area (Å²) in [5.74, 6) is 0. The number of aryl methyl sites for hydroxylation is 1. The molecule has 9 heteroatoms. The molecule has 32 heavy (non-hydrogen) atoms. The Morgan fingerprint density at radius 2 is 1.72 bits per heavy atom. The molecule has 4 atom stereocenters. The van der Waals surface area contributed by atoms with Crippen molar-refractivity contribution in [2.45, 2.75) is 96.0 Å². The van der Waals surface area contributed by atoms with Crippen molar-refractivity contribution in [2.75, 3.05) is 5.32 Å². The number of benzene rings is 1. The second-order valence-electron chi connectivity index (χ2n) is 9.68. The van der Waals surface area contributed by atoms with Gasteiger partial charge in [0.05, 0.1) is 10.2 Å². The average Bonchev–Trinajstić information content (AvgIpc) is 3.36. The van der Waals surface area contributed by atoms with Gasteiger partial charge in [-0.1, -0.05) is 17.4 Å². The predicted molar refractivity (Wildman–Crippen MR) is 136 cm³/mol. The average molecular weight is 484 g/mol. The maximum atomic E-state index is 11.4. The number of carbonyl (C=O) groups is 1. The summed E-state index contributed by atoms with van der Waals surface area (Å²) in [6.45, 7) is 7.66. The minimum atomic E-state index is -0.438. The zero-order valence-electron chi connectivity index (χ0n) is 19.5. The first-order chi connectivity index (χ1) is 14.6. The van der Waals surface area contributed by atoms with E-state index in [1.54, 1.807) is 11.3 Å². The van der Waals surface area contributed by atoms with Gasteiger partial charge in [-0.25, -0.2) is 9.78 Å². The molecular formula is C23H38ClN5O2S. The van der Waals surface area contributed by atoms with Crippen LogP contribution in [0.2, 0.25) is 0 Å². The molecule has 6 N–H and O–H groups in total. The Bertz CT molecular complexity index is 885. The van der Waals surface area contributed by atoms with Crippen LogP contribution in [-0.2, 0) is 4.74 Å². The van der Waals surface area contributed by atoms with Crippen LogP contribution in [0.3, 0.4) is 0 Å². The van der Waals surface area contributed by atoms with Crippen LogP contribution in [0.15, 0.2) is 18.2 Å². The van der Waals surface area contributed by atoms with Gasteiger partial charge in [-0.2, -0.15) is 0 Å². The number of anilines is 1. The summed E-state index contributed by atoms with van der Waals surface area (Å²) in [4.78, 5) is 16.0. The van der Waals surface area contributed by atoms with Crippen LogP contribution in [0.25, 0.3) is 10.2 Å². The van der Waals surface area contributed by atoms with Crippen LogP contribution in [-0.4, -0.2) is 40.8 Å². The van der Waals surface area contributed by atoms with Gasteiger partial charge >= 0.3 is 6.09 Å². The molecule has 2 aliphatic carbocycles. The molecule has 0 aliphatic heterocycles. The molecule has 4 rings (SSSR count). The topological polar surface area (TPSA) is 115 Å². The third-order valence-corrected chi connectivity index (χ3v) is 6.64. The van der Waals surface area contributed by atoms with Crippen LogP contribution in [0.4, 0.5) is 9.93 Å². The maximum Gasteiger partial charge on any atom is 0.407 e. The molecule has 2 saturated carbocycles. The monoisotopic (exact) mass is 483 g/mol. The van der Waals surface area contributed by atoms with Gasteiger partial charge < -0.3 is 26.8 Å². The van der Waals surface area contributed by atoms with Gasteiger partial charge in [-0.05, 0) is 83.9 Å². The smallest absolute Gasteiger partial charge is 0.407 e. The van der Waals surface area contributed by atoms with E-state index in [1.807, 2.05) is 20.8 Å². The van der Waals surface area contributed by atoms with E-state index < -0.39 is 5.60 Å². The van der Waals surface area contributed by atoms with Crippen molar-refractivity contribution in [1.82, 2.24) is 10.3 Å². The van der Waals surface area contributed by atoms with E-state index in [9.17, 15) is 4.79 Å². The molecule has 180 valence electrons. The Labute approximate surface area is 201 Å². The number of hydrogen-bond acceptors (Lipinski definition) is 7. The molecule has 1 amide bonds. The lowest BCUT2D eigenvalue weighted by molar-refractivity contribution is 0.0501. The van der Waals surface area contributed by atoms with Gasteiger partial charge in [0.25, 0.3) is 0 Å². The molecule has 2 fully saturated rings. The minimum absolute atomic E-state index is 0. The molecular weight excluding hydrogens is 446 g/mol. The van der Waals surface area contributed by atoms with E-state index in [0.29, 0.717) is 6.04 Å². The highest BCUT2D eigenvalue weighted by atomic mass is 35.5. The molecule has 0 unspecified atom stereocenters. The second-order valence-corrected chi connectivity index (χ2v) is 10.7. The van der Waals surface area contributed by atoms with Crippen molar-refractivity contribution in [2.24, 2.45) is 11.5 Å². The maximum absolute atomic E-state index is 11.4. The first kappa shape index (κ1) is 26.6. The molecule has 1 aromatic carbocycles. The van der Waals surface area contributed by atoms with Crippen molar-refractivity contribution in [1.29, 1.82) is 0 Å². The third kappa shape index (κ3) is 7.76. The minimum Gasteiger partial charge on any atom is -0.444 e. The van der Waals surface area contributed by atoms with Crippen molar-refractivity contribution >= 4 is 45.2 Å². The highest BCUT2D eigenvalue weighted by Gasteiger charge is 2.27. The number of rotatable bonds is 3. The zero-order chi connectivity index (χ0) is 22.6. The summed E-state index contributed by atoms with van der Waals surface area (Å²) >= 11 is 1.72. The van der Waals surface area contributed by atoms with Gasteiger partial charge in [0.1, 0.15) is 5.60 Å². The van der Waals surface area contributed by atoms with Gasteiger partial charge in [0, 0.05) is 24.2 Å². The van der Waals surface area contributed by atoms with Crippen molar-refractivity contribution in [3.63, 3.8) is 0 Å². The molecule has 7 nitrogen and oxygen atoms in total. The number of nitrogens with two attached hydrogens (primary N) is 2. The number of nitrogens with zero attached hydrogens (tertiary/aromatic N) is 1. The van der Waals surface area contributed by atoms with Gasteiger partial charge in [0.15, 0.2) is 5.13 Å². The normalized spacial score (nSPS) is 24.9. The van der Waals surface area contributed by atoms with E-state index in [2.05, 4.69) is 40.7 Å². The van der Waals surface area contributed by atoms with E-state index in [1.165, 1.54) is 16.7 Å².